The second kappa shape index (κ2) is 7.49. The molecule has 2 atom stereocenters. The van der Waals surface area contributed by atoms with Gasteiger partial charge in [0.25, 0.3) is 5.91 Å². The van der Waals surface area contributed by atoms with Crippen molar-refractivity contribution in [3.63, 3.8) is 0 Å². The molecule has 5 N–H and O–H groups in total. The minimum absolute atomic E-state index is 0.217. The molecule has 0 unspecified atom stereocenters. The lowest BCUT2D eigenvalue weighted by atomic mass is 10.1. The molecule has 1 aromatic heterocycles. The lowest BCUT2D eigenvalue weighted by Crippen LogP contribution is -2.51. The summed E-state index contributed by atoms with van der Waals surface area (Å²) in [6.07, 6.45) is 0.262. The zero-order valence-corrected chi connectivity index (χ0v) is 14.1. The minimum atomic E-state index is -0.500. The second-order valence-electron chi connectivity index (χ2n) is 5.60. The van der Waals surface area contributed by atoms with Crippen molar-refractivity contribution in [2.24, 2.45) is 5.73 Å². The van der Waals surface area contributed by atoms with E-state index in [1.807, 2.05) is 0 Å². The van der Waals surface area contributed by atoms with E-state index in [0.717, 1.165) is 11.5 Å². The number of aromatic nitrogens is 1. The van der Waals surface area contributed by atoms with E-state index in [9.17, 15) is 9.59 Å². The number of amides is 2. The Labute approximate surface area is 148 Å². The molecule has 2 amide bonds. The number of carbonyl (C=O) groups excluding carboxylic acids is 2. The van der Waals surface area contributed by atoms with Gasteiger partial charge in [-0.25, -0.2) is 0 Å². The van der Waals surface area contributed by atoms with Crippen molar-refractivity contribution in [3.8, 4) is 5.75 Å². The zero-order valence-electron chi connectivity index (χ0n) is 13.3. The van der Waals surface area contributed by atoms with Crippen LogP contribution in [-0.2, 0) is 4.74 Å². The topological polar surface area (TPSA) is 130 Å². The van der Waals surface area contributed by atoms with Gasteiger partial charge in [-0.15, -0.1) is 0 Å². The van der Waals surface area contributed by atoms with E-state index in [1.165, 1.54) is 0 Å². The molecule has 1 fully saturated rings. The smallest absolute Gasteiger partial charge is 0.256 e. The number of hydrogen-bond donors (Lipinski definition) is 3. The first kappa shape index (κ1) is 17.2. The van der Waals surface area contributed by atoms with Crippen LogP contribution < -0.4 is 21.5 Å². The first-order valence-corrected chi connectivity index (χ1v) is 8.53. The Morgan fingerprint density at radius 2 is 2.08 bits per heavy atom. The van der Waals surface area contributed by atoms with E-state index in [-0.39, 0.29) is 23.9 Å². The van der Waals surface area contributed by atoms with Gasteiger partial charge in [-0.1, -0.05) is 0 Å². The van der Waals surface area contributed by atoms with Gasteiger partial charge in [0.05, 0.1) is 18.2 Å². The Morgan fingerprint density at radius 1 is 1.32 bits per heavy atom. The summed E-state index contributed by atoms with van der Waals surface area (Å²) in [5.74, 6) is 0.000934. The average Bonchev–Trinajstić information content (AvgIpc) is 3.03. The highest BCUT2D eigenvalue weighted by atomic mass is 32.1. The summed E-state index contributed by atoms with van der Waals surface area (Å²) >= 11 is 1.13. The van der Waals surface area contributed by atoms with Gasteiger partial charge in [-0.3, -0.25) is 9.59 Å². The molecule has 1 aliphatic rings. The van der Waals surface area contributed by atoms with Crippen LogP contribution in [0.2, 0.25) is 0 Å². The highest BCUT2D eigenvalue weighted by Gasteiger charge is 2.30. The molecule has 25 heavy (non-hydrogen) atoms. The maximum Gasteiger partial charge on any atom is 0.256 e. The molecular weight excluding hydrogens is 344 g/mol. The molecule has 9 heteroatoms. The minimum Gasteiger partial charge on any atom is -0.486 e. The van der Waals surface area contributed by atoms with Gasteiger partial charge >= 0.3 is 0 Å². The Morgan fingerprint density at radius 3 is 2.72 bits per heavy atom. The van der Waals surface area contributed by atoms with E-state index >= 15 is 0 Å². The third-order valence-electron chi connectivity index (χ3n) is 3.89. The fourth-order valence-electron chi connectivity index (χ4n) is 2.53. The van der Waals surface area contributed by atoms with Gasteiger partial charge in [-0.05, 0) is 42.2 Å². The SMILES string of the molecule is NC(=O)c1ccc(O[C@@H]2COCC[C@H]2NC(=O)c2csnc2N)cc1. The summed E-state index contributed by atoms with van der Waals surface area (Å²) in [6.45, 7) is 0.878. The van der Waals surface area contributed by atoms with Crippen LogP contribution in [0.1, 0.15) is 27.1 Å². The lowest BCUT2D eigenvalue weighted by molar-refractivity contribution is -0.0135. The maximum absolute atomic E-state index is 12.3. The van der Waals surface area contributed by atoms with Crippen molar-refractivity contribution in [2.75, 3.05) is 18.9 Å². The molecule has 3 rings (SSSR count). The summed E-state index contributed by atoms with van der Waals surface area (Å²) in [5.41, 5.74) is 11.7. The number of nitrogen functional groups attached to an aromatic ring is 1. The molecule has 1 aliphatic heterocycles. The number of benzene rings is 1. The number of primary amides is 1. The number of rotatable bonds is 5. The molecule has 0 bridgehead atoms. The van der Waals surface area contributed by atoms with E-state index in [1.54, 1.807) is 29.6 Å². The van der Waals surface area contributed by atoms with Crippen LogP contribution in [0.5, 0.6) is 5.75 Å². The number of hydrogen-bond acceptors (Lipinski definition) is 7. The molecule has 0 aliphatic carbocycles. The predicted molar refractivity (Wildman–Crippen MR) is 92.6 cm³/mol. The van der Waals surface area contributed by atoms with Crippen LogP contribution in [0.3, 0.4) is 0 Å². The first-order valence-electron chi connectivity index (χ1n) is 7.69. The van der Waals surface area contributed by atoms with E-state index in [4.69, 9.17) is 20.9 Å². The number of ether oxygens (including phenoxy) is 2. The van der Waals surface area contributed by atoms with Gasteiger partial charge in [0.15, 0.2) is 0 Å². The number of anilines is 1. The van der Waals surface area contributed by atoms with Crippen molar-refractivity contribution in [1.82, 2.24) is 9.69 Å². The molecular formula is C16H18N4O4S. The average molecular weight is 362 g/mol. The largest absolute Gasteiger partial charge is 0.486 e. The Hall–Kier alpha value is -2.65. The fraction of sp³-hybridized carbons (Fsp3) is 0.312. The summed E-state index contributed by atoms with van der Waals surface area (Å²) in [6, 6.07) is 6.28. The van der Waals surface area contributed by atoms with Crippen LogP contribution in [0.4, 0.5) is 5.82 Å². The number of nitrogens with two attached hydrogens (primary N) is 2. The molecule has 2 aromatic rings. The molecule has 0 saturated carbocycles. The third kappa shape index (κ3) is 4.06. The van der Waals surface area contributed by atoms with Crippen LogP contribution in [-0.4, -0.2) is 41.5 Å². The van der Waals surface area contributed by atoms with Gasteiger partial charge in [0, 0.05) is 17.6 Å². The summed E-state index contributed by atoms with van der Waals surface area (Å²) in [7, 11) is 0. The first-order chi connectivity index (χ1) is 12.0. The normalized spacial score (nSPS) is 20.0. The summed E-state index contributed by atoms with van der Waals surface area (Å²) in [4.78, 5) is 23.5. The number of carbonyl (C=O) groups is 2. The number of nitrogens with zero attached hydrogens (tertiary/aromatic N) is 1. The van der Waals surface area contributed by atoms with Crippen molar-refractivity contribution < 1.29 is 19.1 Å². The molecule has 1 saturated heterocycles. The third-order valence-corrected chi connectivity index (χ3v) is 4.53. The van der Waals surface area contributed by atoms with Crippen molar-refractivity contribution in [3.05, 3.63) is 40.8 Å². The van der Waals surface area contributed by atoms with Crippen LogP contribution >= 0.6 is 11.5 Å². The van der Waals surface area contributed by atoms with E-state index in [0.29, 0.717) is 36.5 Å². The van der Waals surface area contributed by atoms with Crippen molar-refractivity contribution in [2.45, 2.75) is 18.6 Å². The van der Waals surface area contributed by atoms with Gasteiger partial charge in [0.1, 0.15) is 17.7 Å². The highest BCUT2D eigenvalue weighted by Crippen LogP contribution is 2.20. The molecule has 8 nitrogen and oxygen atoms in total. The monoisotopic (exact) mass is 362 g/mol. The van der Waals surface area contributed by atoms with E-state index < -0.39 is 5.91 Å². The Balaban J connectivity index is 1.67. The standard InChI is InChI=1S/C16H18N4O4S/c17-14-11(8-25-20-14)16(22)19-12-5-6-23-7-13(12)24-10-3-1-9(2-4-10)15(18)21/h1-4,8,12-13H,5-7H2,(H2,17,20)(H2,18,21)(H,19,22)/t12-,13-/m1/s1. The summed E-state index contributed by atoms with van der Waals surface area (Å²) in [5, 5.41) is 4.54. The van der Waals surface area contributed by atoms with Gasteiger partial charge < -0.3 is 26.3 Å². The maximum atomic E-state index is 12.3. The molecule has 0 radical (unpaired) electrons. The number of nitrogens with one attached hydrogen (secondary N) is 1. The fourth-order valence-corrected chi connectivity index (χ4v) is 3.12. The van der Waals surface area contributed by atoms with Crippen LogP contribution in [0.15, 0.2) is 29.6 Å². The van der Waals surface area contributed by atoms with E-state index in [2.05, 4.69) is 9.69 Å². The van der Waals surface area contributed by atoms with Crippen LogP contribution in [0, 0.1) is 0 Å². The zero-order chi connectivity index (χ0) is 17.8. The van der Waals surface area contributed by atoms with Gasteiger partial charge in [-0.2, -0.15) is 4.37 Å². The van der Waals surface area contributed by atoms with Crippen LogP contribution in [0.25, 0.3) is 0 Å². The quantitative estimate of drug-likeness (QED) is 0.721. The molecule has 2 heterocycles. The second-order valence-corrected chi connectivity index (χ2v) is 6.23. The summed E-state index contributed by atoms with van der Waals surface area (Å²) < 4.78 is 15.3. The lowest BCUT2D eigenvalue weighted by Gasteiger charge is -2.32. The van der Waals surface area contributed by atoms with Crippen molar-refractivity contribution >= 4 is 29.2 Å². The highest BCUT2D eigenvalue weighted by molar-refractivity contribution is 7.04. The van der Waals surface area contributed by atoms with Crippen molar-refractivity contribution in [1.29, 1.82) is 0 Å². The Bertz CT molecular complexity index is 762. The Kier molecular flexibility index (Phi) is 5.15. The van der Waals surface area contributed by atoms with Gasteiger partial charge in [0.2, 0.25) is 5.91 Å². The molecule has 132 valence electrons. The molecule has 0 spiro atoms. The molecule has 1 aromatic carbocycles. The predicted octanol–water partition coefficient (Wildman–Crippen LogP) is 0.791.